The summed E-state index contributed by atoms with van der Waals surface area (Å²) in [7, 11) is 0. The van der Waals surface area contributed by atoms with Crippen molar-refractivity contribution in [2.24, 2.45) is 5.73 Å². The van der Waals surface area contributed by atoms with E-state index in [4.69, 9.17) is 11.1 Å². The zero-order chi connectivity index (χ0) is 23.4. The van der Waals surface area contributed by atoms with Crippen LogP contribution in [0.2, 0.25) is 0 Å². The summed E-state index contributed by atoms with van der Waals surface area (Å²) in [6.07, 6.45) is 1.21. The van der Waals surface area contributed by atoms with Crippen molar-refractivity contribution < 1.29 is 13.6 Å². The summed E-state index contributed by atoms with van der Waals surface area (Å²) in [6.45, 7) is 0.612. The number of carbonyl (C=O) groups excluding carboxylic acids is 1. The third-order valence-electron chi connectivity index (χ3n) is 5.48. The van der Waals surface area contributed by atoms with E-state index in [1.165, 1.54) is 24.3 Å². The number of H-pyrrole nitrogens is 1. The van der Waals surface area contributed by atoms with Gasteiger partial charge in [-0.1, -0.05) is 30.3 Å². The Hall–Kier alpha value is -3.84. The number of halogens is 2. The Labute approximate surface area is 190 Å². The Morgan fingerprint density at radius 2 is 1.52 bits per heavy atom. The molecule has 0 saturated heterocycles. The van der Waals surface area contributed by atoms with E-state index in [-0.39, 0.29) is 24.1 Å². The van der Waals surface area contributed by atoms with Gasteiger partial charge in [-0.25, -0.2) is 8.78 Å². The molecule has 0 fully saturated rings. The second-order valence-corrected chi connectivity index (χ2v) is 7.83. The van der Waals surface area contributed by atoms with Gasteiger partial charge in [-0.15, -0.1) is 0 Å². The number of aromatic nitrogens is 1. The minimum atomic E-state index is -0.370. The number of rotatable bonds is 8. The maximum atomic E-state index is 13.6. The van der Waals surface area contributed by atoms with Crippen molar-refractivity contribution in [2.45, 2.75) is 12.8 Å². The molecular formula is C26H24F2N4O. The van der Waals surface area contributed by atoms with Crippen molar-refractivity contribution in [3.05, 3.63) is 84.1 Å². The summed E-state index contributed by atoms with van der Waals surface area (Å²) in [6, 6.07) is 17.8. The largest absolute Gasteiger partial charge is 0.350 e. The molecule has 0 atom stereocenters. The lowest BCUT2D eigenvalue weighted by atomic mass is 9.98. The first-order valence-electron chi connectivity index (χ1n) is 10.7. The van der Waals surface area contributed by atoms with Crippen LogP contribution in [-0.2, 0) is 0 Å². The van der Waals surface area contributed by atoms with Gasteiger partial charge in [0.15, 0.2) is 0 Å². The second kappa shape index (κ2) is 9.75. The Balaban J connectivity index is 1.76. The highest BCUT2D eigenvalue weighted by molar-refractivity contribution is 6.11. The van der Waals surface area contributed by atoms with Gasteiger partial charge >= 0.3 is 0 Å². The average Bonchev–Trinajstić information content (AvgIpc) is 3.21. The molecule has 0 spiro atoms. The highest BCUT2D eigenvalue weighted by Crippen LogP contribution is 2.35. The van der Waals surface area contributed by atoms with Gasteiger partial charge in [0.2, 0.25) is 0 Å². The molecule has 4 rings (SSSR count). The van der Waals surface area contributed by atoms with E-state index in [9.17, 15) is 13.6 Å². The number of carbonyl (C=O) groups is 1. The molecule has 168 valence electrons. The van der Waals surface area contributed by atoms with Crippen LogP contribution in [0.25, 0.3) is 33.2 Å². The first-order chi connectivity index (χ1) is 16.0. The summed E-state index contributed by atoms with van der Waals surface area (Å²) in [4.78, 5) is 16.2. The fourth-order valence-electron chi connectivity index (χ4n) is 3.78. The van der Waals surface area contributed by atoms with Crippen LogP contribution in [0.1, 0.15) is 23.3 Å². The first-order valence-corrected chi connectivity index (χ1v) is 10.7. The third kappa shape index (κ3) is 4.99. The van der Waals surface area contributed by atoms with Crippen LogP contribution in [0.5, 0.6) is 0 Å². The zero-order valence-corrected chi connectivity index (χ0v) is 17.9. The zero-order valence-electron chi connectivity index (χ0n) is 17.9. The Morgan fingerprint density at radius 1 is 0.909 bits per heavy atom. The summed E-state index contributed by atoms with van der Waals surface area (Å²) >= 11 is 0. The van der Waals surface area contributed by atoms with Gasteiger partial charge in [0.25, 0.3) is 5.91 Å². The van der Waals surface area contributed by atoms with Gasteiger partial charge in [-0.2, -0.15) is 0 Å². The van der Waals surface area contributed by atoms with Crippen molar-refractivity contribution in [1.29, 1.82) is 5.41 Å². The molecule has 5 N–H and O–H groups in total. The molecule has 33 heavy (non-hydrogen) atoms. The van der Waals surface area contributed by atoms with Gasteiger partial charge < -0.3 is 21.4 Å². The number of amides is 1. The molecule has 3 aromatic carbocycles. The summed E-state index contributed by atoms with van der Waals surface area (Å²) in [5.74, 6) is -1.04. The van der Waals surface area contributed by atoms with Crippen LogP contribution in [0.3, 0.4) is 0 Å². The van der Waals surface area contributed by atoms with Crippen LogP contribution in [0.15, 0.2) is 66.7 Å². The van der Waals surface area contributed by atoms with Crippen LogP contribution in [0.4, 0.5) is 8.78 Å². The summed E-state index contributed by atoms with van der Waals surface area (Å²) in [5.41, 5.74) is 9.98. The van der Waals surface area contributed by atoms with Crippen LogP contribution in [0, 0.1) is 17.0 Å². The number of fused-ring (bicyclic) bond motifs is 1. The maximum Gasteiger partial charge on any atom is 0.268 e. The number of hydrogen-bond acceptors (Lipinski definition) is 3. The Kier molecular flexibility index (Phi) is 6.60. The van der Waals surface area contributed by atoms with Crippen molar-refractivity contribution in [1.82, 2.24) is 10.3 Å². The molecule has 0 unspecified atom stereocenters. The normalized spacial score (nSPS) is 11.0. The maximum absolute atomic E-state index is 13.6. The standard InChI is InChI=1S/C26H24F2N4O/c27-19-8-3-16(4-9-19)18-7-12-23-22(14-18)24(17-5-10-20(28)11-6-17)25(32-23)26(33)31-15-21(30)2-1-13-29/h3-12,14,30,32H,1-2,13,15,29H2,(H,31,33). The second-order valence-electron chi connectivity index (χ2n) is 7.83. The van der Waals surface area contributed by atoms with Gasteiger partial charge in [0, 0.05) is 22.2 Å². The monoisotopic (exact) mass is 446 g/mol. The van der Waals surface area contributed by atoms with Gasteiger partial charge in [0.05, 0.1) is 6.54 Å². The molecule has 0 radical (unpaired) electrons. The fraction of sp³-hybridized carbons (Fsp3) is 0.154. The molecule has 7 heteroatoms. The number of hydrogen-bond donors (Lipinski definition) is 4. The molecule has 0 bridgehead atoms. The lowest BCUT2D eigenvalue weighted by Crippen LogP contribution is -2.30. The third-order valence-corrected chi connectivity index (χ3v) is 5.48. The number of nitrogens with one attached hydrogen (secondary N) is 3. The van der Waals surface area contributed by atoms with Gasteiger partial charge in [-0.3, -0.25) is 4.79 Å². The molecule has 0 aliphatic carbocycles. The molecule has 4 aromatic rings. The molecular weight excluding hydrogens is 422 g/mol. The Bertz CT molecular complexity index is 1290. The SMILES string of the molecule is N=C(CCCN)CNC(=O)c1[nH]c2ccc(-c3ccc(F)cc3)cc2c1-c1ccc(F)cc1. The minimum Gasteiger partial charge on any atom is -0.350 e. The predicted octanol–water partition coefficient (Wildman–Crippen LogP) is 5.27. The highest BCUT2D eigenvalue weighted by Gasteiger charge is 2.20. The molecule has 1 amide bonds. The lowest BCUT2D eigenvalue weighted by molar-refractivity contribution is 0.0955. The van der Waals surface area contributed by atoms with E-state index in [0.717, 1.165) is 22.0 Å². The highest BCUT2D eigenvalue weighted by atomic mass is 19.1. The van der Waals surface area contributed by atoms with E-state index in [1.807, 2.05) is 18.2 Å². The van der Waals surface area contributed by atoms with Crippen LogP contribution >= 0.6 is 0 Å². The molecule has 0 aliphatic heterocycles. The van der Waals surface area contributed by atoms with E-state index >= 15 is 0 Å². The minimum absolute atomic E-state index is 0.123. The molecule has 0 saturated carbocycles. The topological polar surface area (TPSA) is 94.8 Å². The summed E-state index contributed by atoms with van der Waals surface area (Å²) < 4.78 is 26.9. The summed E-state index contributed by atoms with van der Waals surface area (Å²) in [5, 5.41) is 11.6. The van der Waals surface area contributed by atoms with Crippen LogP contribution < -0.4 is 11.1 Å². The van der Waals surface area contributed by atoms with Crippen LogP contribution in [-0.4, -0.2) is 29.7 Å². The number of aromatic amines is 1. The fourth-order valence-corrected chi connectivity index (χ4v) is 3.78. The average molecular weight is 447 g/mol. The van der Waals surface area contributed by atoms with Crippen molar-refractivity contribution >= 4 is 22.5 Å². The molecule has 1 heterocycles. The van der Waals surface area contributed by atoms with Gasteiger partial charge in [0.1, 0.15) is 17.3 Å². The van der Waals surface area contributed by atoms with Crippen molar-refractivity contribution in [3.8, 4) is 22.3 Å². The van der Waals surface area contributed by atoms with E-state index < -0.39 is 0 Å². The smallest absolute Gasteiger partial charge is 0.268 e. The number of nitrogens with two attached hydrogens (primary N) is 1. The predicted molar refractivity (Wildman–Crippen MR) is 127 cm³/mol. The number of benzene rings is 3. The quantitative estimate of drug-likeness (QED) is 0.278. The molecule has 0 aliphatic rings. The van der Waals surface area contributed by atoms with Crippen molar-refractivity contribution in [2.75, 3.05) is 13.1 Å². The van der Waals surface area contributed by atoms with E-state index in [0.29, 0.717) is 41.9 Å². The van der Waals surface area contributed by atoms with E-state index in [2.05, 4.69) is 10.3 Å². The van der Waals surface area contributed by atoms with Gasteiger partial charge in [-0.05, 0) is 72.5 Å². The Morgan fingerprint density at radius 3 is 2.15 bits per heavy atom. The molecule has 5 nitrogen and oxygen atoms in total. The first kappa shape index (κ1) is 22.4. The lowest BCUT2D eigenvalue weighted by Gasteiger charge is -2.08. The molecule has 1 aromatic heterocycles. The van der Waals surface area contributed by atoms with E-state index in [1.54, 1.807) is 24.3 Å². The van der Waals surface area contributed by atoms with Crippen molar-refractivity contribution in [3.63, 3.8) is 0 Å².